The number of carbonyl (C=O) groups is 1. The van der Waals surface area contributed by atoms with E-state index >= 15 is 0 Å². The van der Waals surface area contributed by atoms with Crippen LogP contribution < -0.4 is 0 Å². The van der Waals surface area contributed by atoms with Gasteiger partial charge in [0.2, 0.25) is 0 Å². The molecule has 5 atom stereocenters. The van der Waals surface area contributed by atoms with Gasteiger partial charge in [-0.15, -0.1) is 0 Å². The lowest BCUT2D eigenvalue weighted by molar-refractivity contribution is -0.144. The van der Waals surface area contributed by atoms with Crippen molar-refractivity contribution in [2.75, 3.05) is 0 Å². The summed E-state index contributed by atoms with van der Waals surface area (Å²) in [6, 6.07) is 2.48. The van der Waals surface area contributed by atoms with Crippen LogP contribution in [0.2, 0.25) is 0 Å². The molecule has 112 valence electrons. The van der Waals surface area contributed by atoms with Gasteiger partial charge in [0, 0.05) is 5.41 Å². The molecule has 2 bridgehead atoms. The first-order chi connectivity index (χ1) is 9.78. The third kappa shape index (κ3) is 1.04. The SMILES string of the molecule is CC12CCC(C#N)C3=C4C(C(=O)O)(C1)C4(C)C2(C)CCC3. The van der Waals surface area contributed by atoms with E-state index in [2.05, 4.69) is 26.8 Å². The van der Waals surface area contributed by atoms with E-state index in [-0.39, 0.29) is 22.2 Å². The van der Waals surface area contributed by atoms with Crippen LogP contribution in [-0.4, -0.2) is 11.1 Å². The van der Waals surface area contributed by atoms with Crippen molar-refractivity contribution in [2.45, 2.75) is 59.3 Å². The zero-order chi connectivity index (χ0) is 15.3. The van der Waals surface area contributed by atoms with Crippen LogP contribution in [0.4, 0.5) is 0 Å². The molecule has 0 spiro atoms. The van der Waals surface area contributed by atoms with Crippen molar-refractivity contribution in [1.82, 2.24) is 0 Å². The minimum Gasteiger partial charge on any atom is -0.481 e. The van der Waals surface area contributed by atoms with Gasteiger partial charge in [-0.05, 0) is 54.9 Å². The number of carboxylic acid groups (broad SMARTS) is 1. The highest BCUT2D eigenvalue weighted by Gasteiger charge is 2.89. The van der Waals surface area contributed by atoms with Crippen molar-refractivity contribution < 1.29 is 9.90 Å². The average molecular weight is 285 g/mol. The number of rotatable bonds is 1. The summed E-state index contributed by atoms with van der Waals surface area (Å²) in [5.74, 6) is -0.698. The molecule has 4 aliphatic rings. The summed E-state index contributed by atoms with van der Waals surface area (Å²) in [7, 11) is 0. The number of hydrogen-bond donors (Lipinski definition) is 1. The minimum absolute atomic E-state index is 0.0502. The van der Waals surface area contributed by atoms with Gasteiger partial charge in [0.1, 0.15) is 0 Å². The van der Waals surface area contributed by atoms with Gasteiger partial charge in [0.15, 0.2) is 0 Å². The van der Waals surface area contributed by atoms with E-state index in [1.807, 2.05) is 0 Å². The quantitative estimate of drug-likeness (QED) is 0.743. The predicted molar refractivity (Wildman–Crippen MR) is 78.2 cm³/mol. The molecule has 1 N–H and O–H groups in total. The molecule has 0 amide bonds. The lowest BCUT2D eigenvalue weighted by Crippen LogP contribution is -2.40. The van der Waals surface area contributed by atoms with Crippen molar-refractivity contribution in [3.8, 4) is 6.07 Å². The Morgan fingerprint density at radius 1 is 1.33 bits per heavy atom. The highest BCUT2D eigenvalue weighted by Crippen LogP contribution is 2.91. The summed E-state index contributed by atoms with van der Waals surface area (Å²) in [5, 5.41) is 19.6. The molecule has 5 unspecified atom stereocenters. The van der Waals surface area contributed by atoms with Crippen molar-refractivity contribution in [3.05, 3.63) is 11.1 Å². The molecule has 21 heavy (non-hydrogen) atoms. The van der Waals surface area contributed by atoms with E-state index in [0.717, 1.165) is 44.1 Å². The Morgan fingerprint density at radius 2 is 2.05 bits per heavy atom. The highest BCUT2D eigenvalue weighted by molar-refractivity contribution is 5.91. The van der Waals surface area contributed by atoms with E-state index in [4.69, 9.17) is 0 Å². The van der Waals surface area contributed by atoms with Crippen LogP contribution in [0.1, 0.15) is 59.3 Å². The van der Waals surface area contributed by atoms with E-state index in [0.29, 0.717) is 0 Å². The van der Waals surface area contributed by atoms with Crippen molar-refractivity contribution >= 4 is 5.97 Å². The number of hydrogen-bond acceptors (Lipinski definition) is 2. The van der Waals surface area contributed by atoms with Gasteiger partial charge in [-0.2, -0.15) is 5.26 Å². The second-order valence-electron chi connectivity index (χ2n) is 8.38. The Balaban J connectivity index is 2.07. The molecule has 2 saturated carbocycles. The van der Waals surface area contributed by atoms with Crippen LogP contribution in [0.3, 0.4) is 0 Å². The molecule has 0 aromatic rings. The Kier molecular flexibility index (Phi) is 2.14. The van der Waals surface area contributed by atoms with Crippen LogP contribution in [0.15, 0.2) is 11.1 Å². The average Bonchev–Trinajstić information content (AvgIpc) is 2.90. The van der Waals surface area contributed by atoms with Gasteiger partial charge in [0.05, 0.1) is 17.4 Å². The third-order valence-corrected chi connectivity index (χ3v) is 8.18. The van der Waals surface area contributed by atoms with Crippen LogP contribution in [0.25, 0.3) is 0 Å². The van der Waals surface area contributed by atoms with Crippen molar-refractivity contribution in [2.24, 2.45) is 27.6 Å². The number of nitrogens with zero attached hydrogens (tertiary/aromatic N) is 1. The zero-order valence-corrected chi connectivity index (χ0v) is 13.1. The summed E-state index contributed by atoms with van der Waals surface area (Å²) in [6.45, 7) is 6.81. The van der Waals surface area contributed by atoms with E-state index in [1.54, 1.807) is 0 Å². The lowest BCUT2D eigenvalue weighted by atomic mass is 9.56. The molecule has 0 heterocycles. The maximum atomic E-state index is 12.2. The standard InChI is InChI=1S/C18H23NO2/c1-15-8-6-11(9-19)12-5-4-7-16(15,2)17(3)13(12)18(17,10-15)14(20)21/h11H,4-8,10H2,1-3H3,(H,20,21). The maximum absolute atomic E-state index is 12.2. The molecule has 0 aromatic heterocycles. The van der Waals surface area contributed by atoms with Gasteiger partial charge in [-0.3, -0.25) is 4.79 Å². The van der Waals surface area contributed by atoms with E-state index in [9.17, 15) is 15.2 Å². The fourth-order valence-electron chi connectivity index (χ4n) is 6.79. The van der Waals surface area contributed by atoms with Crippen LogP contribution in [-0.2, 0) is 4.79 Å². The molecule has 4 aliphatic carbocycles. The Hall–Kier alpha value is -1.30. The molecule has 0 aromatic carbocycles. The second-order valence-corrected chi connectivity index (χ2v) is 8.38. The van der Waals surface area contributed by atoms with Gasteiger partial charge in [-0.25, -0.2) is 0 Å². The molecule has 2 fully saturated rings. The number of aliphatic carboxylic acids is 1. The summed E-state index contributed by atoms with van der Waals surface area (Å²) >= 11 is 0. The predicted octanol–water partition coefficient (Wildman–Crippen LogP) is 3.91. The smallest absolute Gasteiger partial charge is 0.314 e. The summed E-state index contributed by atoms with van der Waals surface area (Å²) < 4.78 is 0. The van der Waals surface area contributed by atoms with Crippen LogP contribution >= 0.6 is 0 Å². The van der Waals surface area contributed by atoms with E-state index in [1.165, 1.54) is 5.57 Å². The fraction of sp³-hybridized carbons (Fsp3) is 0.778. The van der Waals surface area contributed by atoms with Gasteiger partial charge in [-0.1, -0.05) is 26.3 Å². The molecule has 0 radical (unpaired) electrons. The summed E-state index contributed by atoms with van der Waals surface area (Å²) in [6.07, 6.45) is 5.81. The maximum Gasteiger partial charge on any atom is 0.314 e. The number of carboxylic acids is 1. The van der Waals surface area contributed by atoms with Gasteiger partial charge < -0.3 is 5.11 Å². The summed E-state index contributed by atoms with van der Waals surface area (Å²) in [4.78, 5) is 12.2. The first-order valence-electron chi connectivity index (χ1n) is 8.15. The second kappa shape index (κ2) is 3.37. The largest absolute Gasteiger partial charge is 0.481 e. The fourth-order valence-corrected chi connectivity index (χ4v) is 6.79. The monoisotopic (exact) mass is 285 g/mol. The summed E-state index contributed by atoms with van der Waals surface area (Å²) in [5.41, 5.74) is 1.59. The molecule has 3 nitrogen and oxygen atoms in total. The normalized spacial score (nSPS) is 53.7. The van der Waals surface area contributed by atoms with E-state index < -0.39 is 11.4 Å². The first kappa shape index (κ1) is 13.4. The zero-order valence-electron chi connectivity index (χ0n) is 13.1. The molecule has 4 rings (SSSR count). The molecular weight excluding hydrogens is 262 g/mol. The third-order valence-electron chi connectivity index (χ3n) is 8.18. The first-order valence-corrected chi connectivity index (χ1v) is 8.15. The van der Waals surface area contributed by atoms with Gasteiger partial charge >= 0.3 is 5.97 Å². The number of allylic oxidation sites excluding steroid dienone is 1. The lowest BCUT2D eigenvalue weighted by Gasteiger charge is -2.48. The molecule has 3 heteroatoms. The van der Waals surface area contributed by atoms with Gasteiger partial charge in [0.25, 0.3) is 0 Å². The topological polar surface area (TPSA) is 61.1 Å². The van der Waals surface area contributed by atoms with Crippen LogP contribution in [0.5, 0.6) is 0 Å². The Bertz CT molecular complexity index is 644. The minimum atomic E-state index is -0.665. The van der Waals surface area contributed by atoms with Crippen LogP contribution in [0, 0.1) is 38.9 Å². The highest BCUT2D eigenvalue weighted by atomic mass is 16.4. The molecular formula is C18H23NO2. The Labute approximate surface area is 126 Å². The van der Waals surface area contributed by atoms with Crippen molar-refractivity contribution in [3.63, 3.8) is 0 Å². The number of nitriles is 1. The number of fused-ring (bicyclic) bond motifs is 2. The molecule has 0 aliphatic heterocycles. The van der Waals surface area contributed by atoms with Crippen molar-refractivity contribution in [1.29, 1.82) is 5.26 Å². The Morgan fingerprint density at radius 3 is 2.67 bits per heavy atom. The molecule has 0 saturated heterocycles.